The summed E-state index contributed by atoms with van der Waals surface area (Å²) < 4.78 is 11.7. The molecule has 0 saturated carbocycles. The molecule has 0 radical (unpaired) electrons. The van der Waals surface area contributed by atoms with E-state index in [-0.39, 0.29) is 29.1 Å². The van der Waals surface area contributed by atoms with Crippen molar-refractivity contribution in [2.45, 2.75) is 38.8 Å². The van der Waals surface area contributed by atoms with E-state index in [2.05, 4.69) is 0 Å². The first-order valence-electron chi connectivity index (χ1n) is 12.0. The third-order valence-corrected chi connectivity index (χ3v) is 6.94. The largest absolute Gasteiger partial charge is 0.493 e. The van der Waals surface area contributed by atoms with Crippen molar-refractivity contribution in [2.75, 3.05) is 31.0 Å². The van der Waals surface area contributed by atoms with Crippen LogP contribution in [-0.2, 0) is 11.2 Å². The first kappa shape index (κ1) is 26.3. The zero-order valence-electron chi connectivity index (χ0n) is 21.5. The van der Waals surface area contributed by atoms with Crippen molar-refractivity contribution in [3.8, 4) is 11.5 Å². The molecule has 0 spiro atoms. The van der Waals surface area contributed by atoms with Gasteiger partial charge in [0.05, 0.1) is 30.6 Å². The fraction of sp³-hybridized carbons (Fsp3) is 0.321. The van der Waals surface area contributed by atoms with Gasteiger partial charge in [0.25, 0.3) is 5.69 Å². The molecule has 0 fully saturated rings. The number of fused-ring (bicyclic) bond motifs is 1. The summed E-state index contributed by atoms with van der Waals surface area (Å²) in [6.07, 6.45) is 0.897. The summed E-state index contributed by atoms with van der Waals surface area (Å²) in [6, 6.07) is 15.4. The SMILES string of the molecule is CC[C@@H](C)Oc1cc2c(cc1OC)CC(=O)N(c1ccc(N(C)C)cc1)C2c1ccc(Cl)c([N+](=O)[O-])c1. The summed E-state index contributed by atoms with van der Waals surface area (Å²) in [5.41, 5.74) is 3.62. The number of rotatable bonds is 8. The van der Waals surface area contributed by atoms with E-state index in [1.165, 1.54) is 12.1 Å². The van der Waals surface area contributed by atoms with Gasteiger partial charge in [0, 0.05) is 31.5 Å². The number of nitro groups is 1. The predicted molar refractivity (Wildman–Crippen MR) is 145 cm³/mol. The molecule has 9 heteroatoms. The fourth-order valence-corrected chi connectivity index (χ4v) is 4.67. The van der Waals surface area contributed by atoms with E-state index in [0.717, 1.165) is 23.2 Å². The average Bonchev–Trinajstić information content (AvgIpc) is 2.88. The molecule has 4 rings (SSSR count). The molecule has 1 aliphatic rings. The third kappa shape index (κ3) is 5.20. The molecular formula is C28H30ClN3O5. The lowest BCUT2D eigenvalue weighted by Gasteiger charge is -2.38. The smallest absolute Gasteiger partial charge is 0.288 e. The highest BCUT2D eigenvalue weighted by molar-refractivity contribution is 6.32. The number of carbonyl (C=O) groups is 1. The molecule has 1 aliphatic heterocycles. The number of hydrogen-bond acceptors (Lipinski definition) is 6. The van der Waals surface area contributed by atoms with Crippen LogP contribution in [0.4, 0.5) is 17.1 Å². The van der Waals surface area contributed by atoms with Gasteiger partial charge < -0.3 is 19.3 Å². The van der Waals surface area contributed by atoms with Crippen LogP contribution in [0.3, 0.4) is 0 Å². The van der Waals surface area contributed by atoms with Crippen molar-refractivity contribution in [3.05, 3.63) is 86.4 Å². The van der Waals surface area contributed by atoms with Gasteiger partial charge in [0.1, 0.15) is 5.02 Å². The lowest BCUT2D eigenvalue weighted by Crippen LogP contribution is -2.41. The lowest BCUT2D eigenvalue weighted by molar-refractivity contribution is -0.384. The Morgan fingerprint density at radius 2 is 1.84 bits per heavy atom. The zero-order chi connectivity index (χ0) is 26.9. The lowest BCUT2D eigenvalue weighted by atomic mass is 9.86. The quantitative estimate of drug-likeness (QED) is 0.259. The van der Waals surface area contributed by atoms with E-state index in [1.807, 2.05) is 69.2 Å². The molecule has 2 atom stereocenters. The van der Waals surface area contributed by atoms with Crippen LogP contribution in [0.2, 0.25) is 5.02 Å². The summed E-state index contributed by atoms with van der Waals surface area (Å²) >= 11 is 6.13. The van der Waals surface area contributed by atoms with Gasteiger partial charge in [-0.2, -0.15) is 0 Å². The van der Waals surface area contributed by atoms with Crippen LogP contribution in [0.25, 0.3) is 0 Å². The van der Waals surface area contributed by atoms with Gasteiger partial charge in [-0.3, -0.25) is 14.9 Å². The Kier molecular flexibility index (Phi) is 7.59. The minimum atomic E-state index is -0.636. The summed E-state index contributed by atoms with van der Waals surface area (Å²) in [6.45, 7) is 4.00. The van der Waals surface area contributed by atoms with Crippen LogP contribution in [0.5, 0.6) is 11.5 Å². The maximum Gasteiger partial charge on any atom is 0.288 e. The molecule has 1 amide bonds. The van der Waals surface area contributed by atoms with E-state index < -0.39 is 11.0 Å². The van der Waals surface area contributed by atoms with E-state index in [1.54, 1.807) is 18.1 Å². The van der Waals surface area contributed by atoms with Crippen LogP contribution in [0.15, 0.2) is 54.6 Å². The molecule has 0 bridgehead atoms. The Labute approximate surface area is 221 Å². The molecule has 1 heterocycles. The van der Waals surface area contributed by atoms with E-state index in [4.69, 9.17) is 21.1 Å². The summed E-state index contributed by atoms with van der Waals surface area (Å²) in [5.74, 6) is 0.961. The molecule has 37 heavy (non-hydrogen) atoms. The molecular weight excluding hydrogens is 494 g/mol. The normalized spacial score (nSPS) is 15.7. The number of halogens is 1. The van der Waals surface area contributed by atoms with Crippen LogP contribution in [0, 0.1) is 10.1 Å². The summed E-state index contributed by atoms with van der Waals surface area (Å²) in [5, 5.41) is 11.7. The molecule has 0 aliphatic carbocycles. The molecule has 0 N–H and O–H groups in total. The predicted octanol–water partition coefficient (Wildman–Crippen LogP) is 6.18. The minimum absolute atomic E-state index is 0.0357. The van der Waals surface area contributed by atoms with Gasteiger partial charge in [-0.1, -0.05) is 24.6 Å². The number of hydrogen-bond donors (Lipinski definition) is 0. The Bertz CT molecular complexity index is 1330. The van der Waals surface area contributed by atoms with E-state index in [9.17, 15) is 14.9 Å². The number of nitrogens with zero attached hydrogens (tertiary/aromatic N) is 3. The monoisotopic (exact) mass is 523 g/mol. The maximum atomic E-state index is 13.6. The number of benzene rings is 3. The molecule has 0 saturated heterocycles. The fourth-order valence-electron chi connectivity index (χ4n) is 4.48. The molecule has 3 aromatic carbocycles. The number of ether oxygens (including phenoxy) is 2. The molecule has 194 valence electrons. The molecule has 3 aromatic rings. The van der Waals surface area contributed by atoms with Crippen LogP contribution in [-0.4, -0.2) is 38.1 Å². The highest BCUT2D eigenvalue weighted by Gasteiger charge is 2.37. The Morgan fingerprint density at radius 3 is 2.43 bits per heavy atom. The second-order valence-corrected chi connectivity index (χ2v) is 9.67. The number of anilines is 2. The van der Waals surface area contributed by atoms with Gasteiger partial charge >= 0.3 is 0 Å². The van der Waals surface area contributed by atoms with Crippen molar-refractivity contribution in [2.24, 2.45) is 0 Å². The van der Waals surface area contributed by atoms with E-state index in [0.29, 0.717) is 22.7 Å². The van der Waals surface area contributed by atoms with Crippen molar-refractivity contribution < 1.29 is 19.2 Å². The van der Waals surface area contributed by atoms with Crippen molar-refractivity contribution in [3.63, 3.8) is 0 Å². The van der Waals surface area contributed by atoms with Crippen LogP contribution >= 0.6 is 11.6 Å². The third-order valence-electron chi connectivity index (χ3n) is 6.62. The van der Waals surface area contributed by atoms with Crippen molar-refractivity contribution in [1.82, 2.24) is 0 Å². The first-order chi connectivity index (χ1) is 17.6. The average molecular weight is 524 g/mol. The second-order valence-electron chi connectivity index (χ2n) is 9.26. The first-order valence-corrected chi connectivity index (χ1v) is 12.4. The van der Waals surface area contributed by atoms with Crippen molar-refractivity contribution in [1.29, 1.82) is 0 Å². The summed E-state index contributed by atoms with van der Waals surface area (Å²) in [7, 11) is 5.45. The van der Waals surface area contributed by atoms with Gasteiger partial charge in [-0.25, -0.2) is 0 Å². The molecule has 0 aromatic heterocycles. The van der Waals surface area contributed by atoms with Gasteiger partial charge in [0.2, 0.25) is 5.91 Å². The second kappa shape index (κ2) is 10.7. The maximum absolute atomic E-state index is 13.6. The van der Waals surface area contributed by atoms with E-state index >= 15 is 0 Å². The van der Waals surface area contributed by atoms with Crippen LogP contribution < -0.4 is 19.3 Å². The van der Waals surface area contributed by atoms with Gasteiger partial charge in [-0.15, -0.1) is 0 Å². The van der Waals surface area contributed by atoms with Gasteiger partial charge in [-0.05, 0) is 72.5 Å². The zero-order valence-corrected chi connectivity index (χ0v) is 22.3. The van der Waals surface area contributed by atoms with Crippen molar-refractivity contribution >= 4 is 34.6 Å². The van der Waals surface area contributed by atoms with Gasteiger partial charge in [0.15, 0.2) is 11.5 Å². The Balaban J connectivity index is 1.94. The highest BCUT2D eigenvalue weighted by Crippen LogP contribution is 2.45. The highest BCUT2D eigenvalue weighted by atomic mass is 35.5. The molecule has 1 unspecified atom stereocenters. The number of amides is 1. The number of carbonyl (C=O) groups excluding carboxylic acids is 1. The summed E-state index contributed by atoms with van der Waals surface area (Å²) in [4.78, 5) is 28.5. The number of methoxy groups -OCH3 is 1. The minimum Gasteiger partial charge on any atom is -0.493 e. The standard InChI is InChI=1S/C28H30ClN3O5/c1-6-17(2)37-26-16-22-19(14-25(26)36-5)15-27(33)31(21-10-8-20(9-11-21)30(3)4)28(22)18-7-12-23(29)24(13-18)32(34)35/h7-14,16-17,28H,6,15H2,1-5H3/t17-,28?/m1/s1. The topological polar surface area (TPSA) is 85.2 Å². The Hall–Kier alpha value is -3.78. The Morgan fingerprint density at radius 1 is 1.14 bits per heavy atom. The number of nitro benzene ring substituents is 1. The molecule has 8 nitrogen and oxygen atoms in total. The van der Waals surface area contributed by atoms with Crippen LogP contribution in [0.1, 0.15) is 43.0 Å².